The Morgan fingerprint density at radius 3 is 3.11 bits per heavy atom. The van der Waals surface area contributed by atoms with E-state index in [1.165, 1.54) is 5.56 Å². The van der Waals surface area contributed by atoms with Gasteiger partial charge in [0.2, 0.25) is 0 Å². The molecular weight excluding hydrogens is 266 g/mol. The molecule has 0 radical (unpaired) electrons. The summed E-state index contributed by atoms with van der Waals surface area (Å²) in [5.41, 5.74) is 3.26. The number of hydrogen-bond donors (Lipinski definition) is 1. The number of fused-ring (bicyclic) bond motifs is 1. The number of nitrogens with zero attached hydrogens (tertiary/aromatic N) is 3. The lowest BCUT2D eigenvalue weighted by Gasteiger charge is -2.07. The van der Waals surface area contributed by atoms with E-state index >= 15 is 0 Å². The topological polar surface area (TPSA) is 77.2 Å². The van der Waals surface area contributed by atoms with Crippen LogP contribution in [0.5, 0.6) is 0 Å². The summed E-state index contributed by atoms with van der Waals surface area (Å²) in [4.78, 5) is 10.6. The van der Waals surface area contributed by atoms with Crippen LogP contribution in [0.4, 0.5) is 0 Å². The van der Waals surface area contributed by atoms with Crippen molar-refractivity contribution < 1.29 is 14.6 Å². The van der Waals surface area contributed by atoms with Crippen LogP contribution in [0.3, 0.4) is 0 Å². The molecule has 0 unspecified atom stereocenters. The Morgan fingerprint density at radius 2 is 2.26 bits per heavy atom. The molecule has 1 aliphatic rings. The number of aliphatic carboxylic acids is 1. The average Bonchev–Trinajstić information content (AvgIpc) is 3.04. The number of thioether (sulfide) groups is 1. The van der Waals surface area contributed by atoms with Crippen molar-refractivity contribution in [3.8, 4) is 5.69 Å². The fourth-order valence-electron chi connectivity index (χ4n) is 1.93. The van der Waals surface area contributed by atoms with Gasteiger partial charge >= 0.3 is 5.97 Å². The number of carbonyl (C=O) groups is 1. The molecule has 2 heterocycles. The van der Waals surface area contributed by atoms with Gasteiger partial charge in [-0.1, -0.05) is 17.8 Å². The molecule has 98 valence electrons. The minimum atomic E-state index is -0.873. The lowest BCUT2D eigenvalue weighted by molar-refractivity contribution is -0.133. The third-order valence-electron chi connectivity index (χ3n) is 2.82. The molecule has 6 nitrogen and oxygen atoms in total. The van der Waals surface area contributed by atoms with E-state index in [1.54, 1.807) is 10.9 Å². The Labute approximate surface area is 113 Å². The van der Waals surface area contributed by atoms with Crippen LogP contribution in [-0.2, 0) is 22.7 Å². The van der Waals surface area contributed by atoms with Crippen molar-refractivity contribution in [3.05, 3.63) is 35.7 Å². The molecule has 1 aliphatic heterocycles. The van der Waals surface area contributed by atoms with Crippen molar-refractivity contribution in [2.24, 2.45) is 0 Å². The summed E-state index contributed by atoms with van der Waals surface area (Å²) in [6, 6.07) is 6.00. The average molecular weight is 277 g/mol. The Bertz CT molecular complexity index is 626. The second-order valence-corrected chi connectivity index (χ2v) is 5.05. The summed E-state index contributed by atoms with van der Waals surface area (Å²) in [5.74, 6) is -0.908. The fourth-order valence-corrected chi connectivity index (χ4v) is 2.58. The van der Waals surface area contributed by atoms with Crippen molar-refractivity contribution >= 4 is 17.7 Å². The van der Waals surface area contributed by atoms with Gasteiger partial charge in [-0.3, -0.25) is 9.36 Å². The van der Waals surface area contributed by atoms with Gasteiger partial charge in [0.1, 0.15) is 6.33 Å². The first-order valence-electron chi connectivity index (χ1n) is 5.68. The molecule has 0 aliphatic carbocycles. The van der Waals surface area contributed by atoms with Crippen LogP contribution >= 0.6 is 11.8 Å². The maximum absolute atomic E-state index is 10.6. The van der Waals surface area contributed by atoms with Crippen LogP contribution in [-0.4, -0.2) is 31.6 Å². The molecule has 0 saturated carbocycles. The van der Waals surface area contributed by atoms with Crippen molar-refractivity contribution in [2.45, 2.75) is 18.4 Å². The highest BCUT2D eigenvalue weighted by Gasteiger charge is 2.14. The molecular formula is C12H11N3O3S. The normalized spacial score (nSPS) is 13.5. The molecule has 2 aromatic rings. The monoisotopic (exact) mass is 277 g/mol. The zero-order chi connectivity index (χ0) is 13.2. The van der Waals surface area contributed by atoms with Gasteiger partial charge in [0.25, 0.3) is 0 Å². The second kappa shape index (κ2) is 5.02. The second-order valence-electron chi connectivity index (χ2n) is 4.11. The van der Waals surface area contributed by atoms with E-state index in [0.717, 1.165) is 23.0 Å². The van der Waals surface area contributed by atoms with Crippen LogP contribution in [0, 0.1) is 0 Å². The molecule has 0 fully saturated rings. The minimum absolute atomic E-state index is 0.0350. The van der Waals surface area contributed by atoms with E-state index in [9.17, 15) is 4.79 Å². The van der Waals surface area contributed by atoms with E-state index in [2.05, 4.69) is 10.2 Å². The Morgan fingerprint density at radius 1 is 1.42 bits per heavy atom. The molecule has 1 aromatic heterocycles. The zero-order valence-electron chi connectivity index (χ0n) is 9.94. The van der Waals surface area contributed by atoms with Gasteiger partial charge in [0, 0.05) is 5.69 Å². The molecule has 0 spiro atoms. The number of hydrogen-bond acceptors (Lipinski definition) is 5. The molecule has 3 rings (SSSR count). The maximum Gasteiger partial charge on any atom is 0.313 e. The van der Waals surface area contributed by atoms with Gasteiger partial charge in [-0.15, -0.1) is 10.2 Å². The van der Waals surface area contributed by atoms with Gasteiger partial charge in [-0.25, -0.2) is 0 Å². The summed E-state index contributed by atoms with van der Waals surface area (Å²) < 4.78 is 7.16. The third kappa shape index (κ3) is 2.47. The highest BCUT2D eigenvalue weighted by molar-refractivity contribution is 7.99. The van der Waals surface area contributed by atoms with Crippen molar-refractivity contribution in [2.75, 3.05) is 5.75 Å². The van der Waals surface area contributed by atoms with Gasteiger partial charge < -0.3 is 9.84 Å². The highest BCUT2D eigenvalue weighted by atomic mass is 32.2. The SMILES string of the molecule is O=C(O)CSc1nncn1-c1ccc2c(c1)COC2. The molecule has 19 heavy (non-hydrogen) atoms. The van der Waals surface area contributed by atoms with Crippen LogP contribution in [0.2, 0.25) is 0 Å². The fraction of sp³-hybridized carbons (Fsp3) is 0.250. The molecule has 0 saturated heterocycles. The lowest BCUT2D eigenvalue weighted by Crippen LogP contribution is -2.01. The van der Waals surface area contributed by atoms with Crippen molar-refractivity contribution in [3.63, 3.8) is 0 Å². The van der Waals surface area contributed by atoms with Crippen LogP contribution in [0.15, 0.2) is 29.7 Å². The number of carboxylic acid groups (broad SMARTS) is 1. The van der Waals surface area contributed by atoms with Crippen molar-refractivity contribution in [1.29, 1.82) is 0 Å². The first-order chi connectivity index (χ1) is 9.24. The van der Waals surface area contributed by atoms with Crippen molar-refractivity contribution in [1.82, 2.24) is 14.8 Å². The zero-order valence-corrected chi connectivity index (χ0v) is 10.8. The van der Waals surface area contributed by atoms with Crippen LogP contribution in [0.25, 0.3) is 5.69 Å². The standard InChI is InChI=1S/C12H11N3O3S/c16-11(17)6-19-12-14-13-7-15(12)10-2-1-8-4-18-5-9(8)3-10/h1-3,7H,4-6H2,(H,16,17). The predicted octanol–water partition coefficient (Wildman–Crippen LogP) is 1.47. The van der Waals surface area contributed by atoms with Gasteiger partial charge in [0.15, 0.2) is 5.16 Å². The lowest BCUT2D eigenvalue weighted by atomic mass is 10.1. The van der Waals surface area contributed by atoms with E-state index in [4.69, 9.17) is 9.84 Å². The summed E-state index contributed by atoms with van der Waals surface area (Å²) in [5, 5.41) is 17.1. The summed E-state index contributed by atoms with van der Waals surface area (Å²) in [7, 11) is 0. The summed E-state index contributed by atoms with van der Waals surface area (Å²) in [6.45, 7) is 1.27. The molecule has 0 atom stereocenters. The maximum atomic E-state index is 10.6. The van der Waals surface area contributed by atoms with E-state index in [-0.39, 0.29) is 5.75 Å². The van der Waals surface area contributed by atoms with Crippen LogP contribution < -0.4 is 0 Å². The first-order valence-corrected chi connectivity index (χ1v) is 6.67. The quantitative estimate of drug-likeness (QED) is 0.853. The predicted molar refractivity (Wildman–Crippen MR) is 68.2 cm³/mol. The Kier molecular flexibility index (Phi) is 3.22. The summed E-state index contributed by atoms with van der Waals surface area (Å²) in [6.07, 6.45) is 1.59. The number of rotatable bonds is 4. The number of aromatic nitrogens is 3. The molecule has 0 amide bonds. The third-order valence-corrected chi connectivity index (χ3v) is 3.75. The van der Waals surface area contributed by atoms with Gasteiger partial charge in [0.05, 0.1) is 19.0 Å². The minimum Gasteiger partial charge on any atom is -0.481 e. The van der Waals surface area contributed by atoms with E-state index in [1.807, 2.05) is 18.2 Å². The number of ether oxygens (including phenoxy) is 1. The number of carboxylic acids is 1. The largest absolute Gasteiger partial charge is 0.481 e. The smallest absolute Gasteiger partial charge is 0.313 e. The Balaban J connectivity index is 1.90. The molecule has 1 N–H and O–H groups in total. The van der Waals surface area contributed by atoms with Gasteiger partial charge in [-0.05, 0) is 23.3 Å². The first kappa shape index (κ1) is 12.2. The van der Waals surface area contributed by atoms with E-state index < -0.39 is 5.97 Å². The Hall–Kier alpha value is -1.86. The summed E-state index contributed by atoms with van der Waals surface area (Å²) >= 11 is 1.15. The number of benzene rings is 1. The molecule has 0 bridgehead atoms. The molecule has 7 heteroatoms. The van der Waals surface area contributed by atoms with E-state index in [0.29, 0.717) is 18.4 Å². The molecule has 1 aromatic carbocycles. The van der Waals surface area contributed by atoms with Crippen LogP contribution in [0.1, 0.15) is 11.1 Å². The van der Waals surface area contributed by atoms with Gasteiger partial charge in [-0.2, -0.15) is 0 Å². The highest BCUT2D eigenvalue weighted by Crippen LogP contribution is 2.25.